The van der Waals surface area contributed by atoms with E-state index in [4.69, 9.17) is 11.6 Å². The molecule has 0 aliphatic rings. The van der Waals surface area contributed by atoms with Crippen LogP contribution in [-0.4, -0.2) is 13.4 Å². The van der Waals surface area contributed by atoms with Gasteiger partial charge in [0.1, 0.15) is 15.7 Å². The summed E-state index contributed by atoms with van der Waals surface area (Å²) in [6, 6.07) is 5.07. The molecule has 8 heteroatoms. The number of hydrogen-bond donors (Lipinski definition) is 2. The first kappa shape index (κ1) is 14.5. The molecule has 0 radical (unpaired) electrons. The minimum Gasteiger partial charge on any atom is -0.326 e. The molecule has 0 atom stereocenters. The zero-order valence-corrected chi connectivity index (χ0v) is 11.8. The third-order valence-corrected chi connectivity index (χ3v) is 4.28. The van der Waals surface area contributed by atoms with Crippen LogP contribution < -0.4 is 10.3 Å². The fraction of sp³-hybridized carbons (Fsp3) is 0.0833. The quantitative estimate of drug-likeness (QED) is 0.911. The van der Waals surface area contributed by atoms with E-state index >= 15 is 0 Å². The molecule has 1 aromatic carbocycles. The van der Waals surface area contributed by atoms with E-state index in [0.29, 0.717) is 0 Å². The van der Waals surface area contributed by atoms with Crippen molar-refractivity contribution in [1.82, 2.24) is 4.98 Å². The van der Waals surface area contributed by atoms with Gasteiger partial charge in [0.25, 0.3) is 15.6 Å². The van der Waals surface area contributed by atoms with Gasteiger partial charge in [-0.3, -0.25) is 9.52 Å². The van der Waals surface area contributed by atoms with Crippen LogP contribution in [0.2, 0.25) is 5.02 Å². The van der Waals surface area contributed by atoms with Crippen LogP contribution in [0.3, 0.4) is 0 Å². The van der Waals surface area contributed by atoms with Gasteiger partial charge in [0.15, 0.2) is 0 Å². The third-order valence-electron chi connectivity index (χ3n) is 2.65. The molecule has 0 saturated heterocycles. The normalized spacial score (nSPS) is 11.3. The maximum Gasteiger partial charge on any atom is 0.266 e. The third kappa shape index (κ3) is 2.83. The second kappa shape index (κ2) is 5.26. The molecule has 0 aliphatic heterocycles. The Morgan fingerprint density at radius 1 is 1.35 bits per heavy atom. The molecular weight excluding hydrogens is 307 g/mol. The predicted octanol–water partition coefficient (Wildman–Crippen LogP) is 2.28. The molecule has 0 aliphatic carbocycles. The summed E-state index contributed by atoms with van der Waals surface area (Å²) in [6.07, 6.45) is 1.02. The van der Waals surface area contributed by atoms with E-state index in [1.807, 2.05) is 0 Å². The fourth-order valence-corrected chi connectivity index (χ4v) is 2.87. The number of H-pyrrole nitrogens is 1. The van der Waals surface area contributed by atoms with Crippen molar-refractivity contribution in [1.29, 1.82) is 0 Å². The SMILES string of the molecule is Cc1c(F)cccc1NS(=O)(=O)c1c[nH]c(=O)c(Cl)c1. The van der Waals surface area contributed by atoms with Crippen LogP contribution >= 0.6 is 11.6 Å². The highest BCUT2D eigenvalue weighted by atomic mass is 35.5. The van der Waals surface area contributed by atoms with Gasteiger partial charge in [0.05, 0.1) is 5.69 Å². The van der Waals surface area contributed by atoms with Gasteiger partial charge in [0.2, 0.25) is 0 Å². The zero-order valence-electron chi connectivity index (χ0n) is 10.3. The summed E-state index contributed by atoms with van der Waals surface area (Å²) in [6.45, 7) is 1.45. The molecule has 2 rings (SSSR count). The number of hydrogen-bond acceptors (Lipinski definition) is 3. The molecule has 2 N–H and O–H groups in total. The van der Waals surface area contributed by atoms with Crippen molar-refractivity contribution in [2.45, 2.75) is 11.8 Å². The number of pyridine rings is 1. The van der Waals surface area contributed by atoms with Crippen molar-refractivity contribution >= 4 is 27.3 Å². The topological polar surface area (TPSA) is 79.0 Å². The molecule has 5 nitrogen and oxygen atoms in total. The Labute approximate surface area is 119 Å². The average Bonchev–Trinajstić information content (AvgIpc) is 2.38. The number of rotatable bonds is 3. The molecule has 1 heterocycles. The van der Waals surface area contributed by atoms with E-state index in [0.717, 1.165) is 12.3 Å². The van der Waals surface area contributed by atoms with Gasteiger partial charge < -0.3 is 4.98 Å². The standard InChI is InChI=1S/C12H10ClFN2O3S/c1-7-10(14)3-2-4-11(7)16-20(18,19)8-5-9(13)12(17)15-6-8/h2-6,16H,1H3,(H,15,17). The molecule has 106 valence electrons. The molecule has 0 bridgehead atoms. The van der Waals surface area contributed by atoms with Crippen LogP contribution in [-0.2, 0) is 10.0 Å². The Kier molecular flexibility index (Phi) is 3.82. The molecule has 0 fully saturated rings. The fourth-order valence-electron chi connectivity index (χ4n) is 1.51. The lowest BCUT2D eigenvalue weighted by molar-refractivity contribution is 0.600. The molecule has 0 amide bonds. The monoisotopic (exact) mass is 316 g/mol. The van der Waals surface area contributed by atoms with Gasteiger partial charge in [-0.15, -0.1) is 0 Å². The number of aromatic nitrogens is 1. The highest BCUT2D eigenvalue weighted by Gasteiger charge is 2.17. The summed E-state index contributed by atoms with van der Waals surface area (Å²) in [5, 5.41) is -0.246. The highest BCUT2D eigenvalue weighted by Crippen LogP contribution is 2.21. The van der Waals surface area contributed by atoms with Crippen molar-refractivity contribution in [3.63, 3.8) is 0 Å². The van der Waals surface area contributed by atoms with E-state index in [-0.39, 0.29) is 21.2 Å². The number of anilines is 1. The Morgan fingerprint density at radius 3 is 2.70 bits per heavy atom. The summed E-state index contributed by atoms with van der Waals surface area (Å²) in [5.41, 5.74) is -0.300. The minimum absolute atomic E-state index is 0.118. The summed E-state index contributed by atoms with van der Waals surface area (Å²) < 4.78 is 39.8. The number of aromatic amines is 1. The second-order valence-electron chi connectivity index (χ2n) is 4.03. The van der Waals surface area contributed by atoms with Crippen LogP contribution in [0.25, 0.3) is 0 Å². The summed E-state index contributed by atoms with van der Waals surface area (Å²) in [4.78, 5) is 13.1. The molecule has 0 spiro atoms. The lowest BCUT2D eigenvalue weighted by atomic mass is 10.2. The molecule has 1 aromatic heterocycles. The first-order valence-corrected chi connectivity index (χ1v) is 7.33. The predicted molar refractivity (Wildman–Crippen MR) is 74.0 cm³/mol. The number of sulfonamides is 1. The van der Waals surface area contributed by atoms with E-state index < -0.39 is 21.4 Å². The smallest absolute Gasteiger partial charge is 0.266 e. The van der Waals surface area contributed by atoms with Gasteiger partial charge >= 0.3 is 0 Å². The first-order chi connectivity index (χ1) is 9.31. The van der Waals surface area contributed by atoms with Crippen molar-refractivity contribution in [3.05, 3.63) is 57.2 Å². The van der Waals surface area contributed by atoms with Gasteiger partial charge in [-0.2, -0.15) is 0 Å². The summed E-state index contributed by atoms with van der Waals surface area (Å²) >= 11 is 5.58. The molecule has 2 aromatic rings. The van der Waals surface area contributed by atoms with E-state index in [2.05, 4.69) is 9.71 Å². The van der Waals surface area contributed by atoms with Crippen molar-refractivity contribution in [2.24, 2.45) is 0 Å². The Hall–Kier alpha value is -1.86. The van der Waals surface area contributed by atoms with Crippen LogP contribution in [0, 0.1) is 12.7 Å². The number of halogens is 2. The summed E-state index contributed by atoms with van der Waals surface area (Å²) in [7, 11) is -3.96. The highest BCUT2D eigenvalue weighted by molar-refractivity contribution is 7.92. The largest absolute Gasteiger partial charge is 0.326 e. The lowest BCUT2D eigenvalue weighted by Crippen LogP contribution is -2.16. The molecular formula is C12H10ClFN2O3S. The number of benzene rings is 1. The Balaban J connectivity index is 2.43. The van der Waals surface area contributed by atoms with E-state index in [9.17, 15) is 17.6 Å². The first-order valence-electron chi connectivity index (χ1n) is 5.47. The van der Waals surface area contributed by atoms with E-state index in [1.165, 1.54) is 25.1 Å². The van der Waals surface area contributed by atoms with Gasteiger partial charge in [0, 0.05) is 11.8 Å². The van der Waals surface area contributed by atoms with Gasteiger partial charge in [-0.25, -0.2) is 12.8 Å². The van der Waals surface area contributed by atoms with Gasteiger partial charge in [-0.1, -0.05) is 17.7 Å². The van der Waals surface area contributed by atoms with E-state index in [1.54, 1.807) is 0 Å². The van der Waals surface area contributed by atoms with Crippen LogP contribution in [0.4, 0.5) is 10.1 Å². The van der Waals surface area contributed by atoms with Crippen molar-refractivity contribution in [3.8, 4) is 0 Å². The van der Waals surface area contributed by atoms with Crippen LogP contribution in [0.1, 0.15) is 5.56 Å². The molecule has 0 unspecified atom stereocenters. The maximum atomic E-state index is 13.4. The van der Waals surface area contributed by atoms with Crippen molar-refractivity contribution < 1.29 is 12.8 Å². The molecule has 0 saturated carbocycles. The lowest BCUT2D eigenvalue weighted by Gasteiger charge is -2.10. The zero-order chi connectivity index (χ0) is 14.9. The van der Waals surface area contributed by atoms with Gasteiger partial charge in [-0.05, 0) is 25.1 Å². The van der Waals surface area contributed by atoms with Crippen LogP contribution in [0.5, 0.6) is 0 Å². The Morgan fingerprint density at radius 2 is 2.05 bits per heavy atom. The second-order valence-corrected chi connectivity index (χ2v) is 6.12. The average molecular weight is 317 g/mol. The summed E-state index contributed by atoms with van der Waals surface area (Å²) in [5.74, 6) is -0.523. The maximum absolute atomic E-state index is 13.4. The Bertz CT molecular complexity index is 818. The molecule has 20 heavy (non-hydrogen) atoms. The van der Waals surface area contributed by atoms with Crippen LogP contribution in [0.15, 0.2) is 40.2 Å². The number of nitrogens with one attached hydrogen (secondary N) is 2. The minimum atomic E-state index is -3.96. The van der Waals surface area contributed by atoms with Crippen molar-refractivity contribution in [2.75, 3.05) is 4.72 Å².